The van der Waals surface area contributed by atoms with Gasteiger partial charge in [0.1, 0.15) is 14.2 Å². The molecule has 6 saturated heterocycles. The molecule has 0 bridgehead atoms. The van der Waals surface area contributed by atoms with Crippen molar-refractivity contribution in [3.8, 4) is 0 Å². The summed E-state index contributed by atoms with van der Waals surface area (Å²) in [4.78, 5) is 155. The van der Waals surface area contributed by atoms with Crippen LogP contribution in [-0.4, -0.2) is 243 Å². The van der Waals surface area contributed by atoms with Crippen LogP contribution in [0.5, 0.6) is 0 Å². The van der Waals surface area contributed by atoms with Gasteiger partial charge in [-0.15, -0.1) is 35.3 Å². The number of hydrogen-bond donors (Lipinski definition) is 8. The number of aromatic nitrogens is 3. The van der Waals surface area contributed by atoms with Crippen LogP contribution in [0.1, 0.15) is 107 Å². The molecule has 11 N–H and O–H groups in total. The Balaban J connectivity index is 0.000000158. The lowest BCUT2D eigenvalue weighted by atomic mass is 9.90. The van der Waals surface area contributed by atoms with Gasteiger partial charge in [-0.3, -0.25) is 33.6 Å². The van der Waals surface area contributed by atoms with Crippen molar-refractivity contribution in [2.24, 2.45) is 5.73 Å². The van der Waals surface area contributed by atoms with Crippen LogP contribution in [0.2, 0.25) is 30.1 Å². The zero-order valence-electron chi connectivity index (χ0n) is 77.7. The van der Waals surface area contributed by atoms with Crippen LogP contribution in [0.4, 0.5) is 9.59 Å². The van der Waals surface area contributed by atoms with Crippen molar-refractivity contribution < 1.29 is 66.4 Å². The summed E-state index contributed by atoms with van der Waals surface area (Å²) in [7, 11) is 0. The number of rotatable bonds is 26. The molecule has 0 saturated carbocycles. The number of nitrogens with one attached hydrogen (secondary N) is 5. The Labute approximate surface area is 862 Å². The first-order valence-electron chi connectivity index (χ1n) is 46.5. The Morgan fingerprint density at radius 3 is 0.936 bits per heavy atom. The van der Waals surface area contributed by atoms with Crippen molar-refractivity contribution in [1.82, 2.24) is 69.7 Å². The fraction of sp³-hybridized carbons (Fsp3) is 0.337. The van der Waals surface area contributed by atoms with E-state index in [0.717, 1.165) is 97.5 Å². The molecule has 18 rings (SSSR count). The summed E-state index contributed by atoms with van der Waals surface area (Å²) < 4.78 is -3.58. The average molecular weight is 2090 g/mol. The molecule has 0 spiro atoms. The van der Waals surface area contributed by atoms with E-state index in [2.05, 4.69) is 31.3 Å². The lowest BCUT2D eigenvalue weighted by Crippen LogP contribution is -3.00. The predicted molar refractivity (Wildman–Crippen MR) is 551 cm³/mol. The van der Waals surface area contributed by atoms with Crippen LogP contribution in [0, 0.1) is 20.8 Å². The molecule has 140 heavy (non-hydrogen) atoms. The highest BCUT2D eigenvalue weighted by molar-refractivity contribution is 8.02. The fourth-order valence-corrected chi connectivity index (χ4v) is 24.7. The van der Waals surface area contributed by atoms with Gasteiger partial charge in [0.15, 0.2) is 6.54 Å². The number of aliphatic hydroxyl groups is 1. The van der Waals surface area contributed by atoms with E-state index >= 15 is 9.59 Å². The SMILES string of the molecule is Cc1ccc(S[C@@]2(C(=O)N3CCN(C(=O)C[NH3+])CC3)CC(=O)N(Cc3ccc(Cl)cc3)[C@H]2c2c[nH]c3cc(Cl)ccc23)cc1.Cc1ccc(S[C@@]2(C(=O)N3CCN(C(=O)NCCCCO)CC3)CC(=O)N(Cc3ccc(Cl)cc3)[C@H]2c2c[nH]c3cc(Cl)ccc23)cc1.Cc1ccc(S[C@@]2(C(=O)N3CCN(C(=O)NCCCN)CC3)CC(=O)N(Cc3ccc(Cl)cc3)[C@H]2c2c[nH]c3cc(Cl)ccc23)cc1.[Cl-]. The standard InChI is InChI=1S/C36H39Cl2N5O4S.C35H38Cl2N6O3S.C33H33Cl2N5O3S.ClH/c1-24-4-11-28(12-5-24)48-36(34(46)41-15-17-42(18-16-41)35(47)39-14-2-3-19-44)21-32(45)43(23-25-6-8-26(37)9-7-25)33(36)30-22-40-31-20-27(38)10-13-29(30)31;1-23-3-10-27(11-4-23)47-35(33(45)41-15-17-42(18-16-41)34(46)39-14-2-13-38)20-31(44)43(22-24-5-7-25(36)8-6-24)32(35)29-21-40-30-19-26(37)9-12-28(29)30;1-21-2-9-25(10-3-21)44-33(32(43)39-14-12-38(13-15-39)30(42)18-36)17-29(41)40(20-22-4-6-23(34)7-5-22)31(33)27-19-37-28-16-24(35)8-11-26(27)28;/h4-13,20,22,33,40,44H,2-3,14-19,21,23H2,1H3,(H,39,47);3-12,19,21,32,40H,2,13-18,20,22,38H2,1H3,(H,39,46);2-11,16,19,31,37H,12-15,17-18,20,36H2,1H3;1H/t33-,36-;32-,35-;31-,33-;/m000./s1. The minimum absolute atomic E-state index is 0. The Morgan fingerprint density at radius 1 is 0.386 bits per heavy atom. The third-order valence-corrected chi connectivity index (χ3v) is 32.3. The first kappa shape index (κ1) is 104. The first-order valence-corrected chi connectivity index (χ1v) is 51.3. The lowest BCUT2D eigenvalue weighted by Gasteiger charge is -2.42. The maximum Gasteiger partial charge on any atom is 0.317 e. The number of aliphatic hydroxyl groups excluding tert-OH is 1. The third kappa shape index (κ3) is 23.2. The molecule has 6 atom stereocenters. The zero-order valence-corrected chi connectivity index (χ0v) is 85.4. The van der Waals surface area contributed by atoms with E-state index in [1.165, 1.54) is 35.3 Å². The summed E-state index contributed by atoms with van der Waals surface area (Å²) in [5.74, 6) is -0.715. The molecule has 0 radical (unpaired) electrons. The number of unbranched alkanes of at least 4 members (excludes halogenated alkanes) is 1. The van der Waals surface area contributed by atoms with Crippen molar-refractivity contribution in [3.63, 3.8) is 0 Å². The number of aromatic amines is 3. The van der Waals surface area contributed by atoms with E-state index < -0.39 is 32.4 Å². The van der Waals surface area contributed by atoms with Gasteiger partial charge < -0.3 is 98.7 Å². The molecule has 36 heteroatoms. The minimum atomic E-state index is -1.21. The zero-order chi connectivity index (χ0) is 98.0. The number of nitrogens with zero attached hydrogens (tertiary/aromatic N) is 9. The second kappa shape index (κ2) is 46.2. The van der Waals surface area contributed by atoms with Crippen LogP contribution in [0.15, 0.2) is 233 Å². The molecule has 26 nitrogen and oxygen atoms in total. The molecule has 6 fully saturated rings. The Hall–Kier alpha value is -10.6. The highest BCUT2D eigenvalue weighted by atomic mass is 35.5. The molecule has 6 aliphatic heterocycles. The molecule has 0 aliphatic carbocycles. The van der Waals surface area contributed by atoms with Crippen molar-refractivity contribution >= 4 is 191 Å². The molecule has 0 unspecified atom stereocenters. The smallest absolute Gasteiger partial charge is 0.317 e. The van der Waals surface area contributed by atoms with E-state index in [9.17, 15) is 33.6 Å². The van der Waals surface area contributed by atoms with Crippen molar-refractivity contribution in [1.29, 1.82) is 0 Å². The van der Waals surface area contributed by atoms with E-state index in [1.54, 1.807) is 14.7 Å². The van der Waals surface area contributed by atoms with Gasteiger partial charge in [0.2, 0.25) is 35.4 Å². The van der Waals surface area contributed by atoms with Crippen LogP contribution in [-0.2, 0) is 53.2 Å². The number of carbonyl (C=O) groups excluding carboxylic acids is 9. The molecular formula is C104H111Cl7N16O10S3. The van der Waals surface area contributed by atoms with Gasteiger partial charge >= 0.3 is 12.1 Å². The topological polar surface area (TPSA) is 328 Å². The van der Waals surface area contributed by atoms with Gasteiger partial charge in [0.05, 0.1) is 37.4 Å². The normalized spacial score (nSPS) is 19.9. The molecule has 11 amide bonds. The summed E-state index contributed by atoms with van der Waals surface area (Å²) >= 11 is 42.0. The molecule has 734 valence electrons. The monoisotopic (exact) mass is 2080 g/mol. The molecule has 9 aromatic carbocycles. The first-order chi connectivity index (χ1) is 67.0. The number of piperazine rings is 3. The van der Waals surface area contributed by atoms with Crippen molar-refractivity contribution in [2.45, 2.75) is 126 Å². The number of fused-ring (bicyclic) bond motifs is 3. The Bertz CT molecular complexity index is 6470. The largest absolute Gasteiger partial charge is 1.00 e. The predicted octanol–water partition coefficient (Wildman–Crippen LogP) is 14.1. The van der Waals surface area contributed by atoms with Crippen LogP contribution >= 0.6 is 105 Å². The number of amides is 11. The number of aryl methyl sites for hydroxylation is 3. The molecule has 12 aromatic rings. The number of hydrogen-bond acceptors (Lipinski definition) is 14. The number of halogens is 7. The third-order valence-electron chi connectivity index (χ3n) is 26.6. The maximum absolute atomic E-state index is 15.1. The highest BCUT2D eigenvalue weighted by Crippen LogP contribution is 2.59. The number of nitrogens with two attached hydrogens (primary N) is 1. The maximum atomic E-state index is 15.1. The van der Waals surface area contributed by atoms with E-state index in [4.69, 9.17) is 80.4 Å². The molecule has 9 heterocycles. The molecule has 3 aromatic heterocycles. The van der Waals surface area contributed by atoms with E-state index in [-0.39, 0.29) is 98.2 Å². The van der Waals surface area contributed by atoms with Crippen LogP contribution in [0.25, 0.3) is 32.7 Å². The molecular weight excluding hydrogens is 1980 g/mol. The summed E-state index contributed by atoms with van der Waals surface area (Å²) in [6.07, 6.45) is 7.78. The summed E-state index contributed by atoms with van der Waals surface area (Å²) in [5, 5.41) is 21.2. The Morgan fingerprint density at radius 2 is 0.657 bits per heavy atom. The highest BCUT2D eigenvalue weighted by Gasteiger charge is 2.63. The van der Waals surface area contributed by atoms with Crippen molar-refractivity contribution in [3.05, 3.63) is 299 Å². The van der Waals surface area contributed by atoms with Gasteiger partial charge in [-0.1, -0.05) is 177 Å². The quantitative estimate of drug-likeness (QED) is 0.0234. The number of carbonyl (C=O) groups is 9. The Kier molecular flexibility index (Phi) is 34.2. The van der Waals surface area contributed by atoms with Crippen LogP contribution in [0.3, 0.4) is 0 Å². The number of likely N-dealkylation sites (tertiary alicyclic amines) is 3. The van der Waals surface area contributed by atoms with Gasteiger partial charge in [-0.25, -0.2) is 9.59 Å². The van der Waals surface area contributed by atoms with Gasteiger partial charge in [0, 0.05) is 231 Å². The number of benzene rings is 9. The summed E-state index contributed by atoms with van der Waals surface area (Å²) in [6.45, 7) is 13.4. The van der Waals surface area contributed by atoms with Gasteiger partial charge in [-0.05, 0) is 172 Å². The van der Waals surface area contributed by atoms with Gasteiger partial charge in [-0.2, -0.15) is 0 Å². The average Bonchev–Trinajstić information content (AvgIpc) is 1.57. The second-order valence-corrected chi connectivity index (χ2v) is 42.7. The van der Waals surface area contributed by atoms with Crippen molar-refractivity contribution in [2.75, 3.05) is 111 Å². The summed E-state index contributed by atoms with van der Waals surface area (Å²) in [6, 6.07) is 61.2. The second-order valence-electron chi connectivity index (χ2n) is 35.9. The fourth-order valence-electron chi connectivity index (χ4n) is 19.4. The number of H-pyrrole nitrogens is 3. The summed E-state index contributed by atoms with van der Waals surface area (Å²) in [5.41, 5.74) is 20.4. The van der Waals surface area contributed by atoms with Crippen LogP contribution < -0.4 is 34.5 Å². The van der Waals surface area contributed by atoms with E-state index in [0.29, 0.717) is 167 Å². The lowest BCUT2D eigenvalue weighted by molar-refractivity contribution is -0.357. The number of quaternary nitrogens is 1. The minimum Gasteiger partial charge on any atom is -1.00 e. The molecule has 6 aliphatic rings. The number of thioether (sulfide) groups is 3. The van der Waals surface area contributed by atoms with E-state index in [1.807, 2.05) is 269 Å². The number of urea groups is 2. The van der Waals surface area contributed by atoms with Gasteiger partial charge in [0.25, 0.3) is 5.91 Å².